The Kier molecular flexibility index (Phi) is 4.02. The Labute approximate surface area is 107 Å². The minimum absolute atomic E-state index is 0.0601. The minimum atomic E-state index is 0.0601. The van der Waals surface area contributed by atoms with Gasteiger partial charge in [0.15, 0.2) is 0 Å². The van der Waals surface area contributed by atoms with Crippen LogP contribution in [0.1, 0.15) is 6.92 Å². The first-order chi connectivity index (χ1) is 8.81. The molecule has 0 atom stereocenters. The highest BCUT2D eigenvalue weighted by atomic mass is 16.2. The highest BCUT2D eigenvalue weighted by Crippen LogP contribution is 2.13. The molecule has 2 rings (SSSR count). The first-order valence-corrected chi connectivity index (χ1v) is 6.03. The second kappa shape index (κ2) is 5.91. The van der Waals surface area contributed by atoms with E-state index in [-0.39, 0.29) is 5.91 Å². The molecule has 1 aromatic heterocycles. The summed E-state index contributed by atoms with van der Waals surface area (Å²) in [4.78, 5) is 16.8. The van der Waals surface area contributed by atoms with Gasteiger partial charge in [-0.05, 0) is 25.1 Å². The van der Waals surface area contributed by atoms with Crippen LogP contribution in [0.25, 0.3) is 0 Å². The van der Waals surface area contributed by atoms with Gasteiger partial charge in [-0.3, -0.25) is 4.79 Å². The van der Waals surface area contributed by atoms with Crippen LogP contribution in [-0.2, 0) is 4.79 Å². The van der Waals surface area contributed by atoms with E-state index in [1.54, 1.807) is 4.90 Å². The molecule has 0 bridgehead atoms. The van der Waals surface area contributed by atoms with E-state index in [2.05, 4.69) is 10.3 Å². The first kappa shape index (κ1) is 12.2. The van der Waals surface area contributed by atoms with E-state index in [1.165, 1.54) is 0 Å². The molecule has 0 radical (unpaired) electrons. The van der Waals surface area contributed by atoms with Gasteiger partial charge in [0.05, 0.1) is 12.2 Å². The maximum absolute atomic E-state index is 12.1. The van der Waals surface area contributed by atoms with Crippen LogP contribution in [0.4, 0.5) is 11.4 Å². The highest BCUT2D eigenvalue weighted by Gasteiger charge is 2.12. The molecule has 1 amide bonds. The molecule has 94 valence electrons. The number of rotatable bonds is 5. The predicted molar refractivity (Wildman–Crippen MR) is 73.8 cm³/mol. The van der Waals surface area contributed by atoms with E-state index in [0.29, 0.717) is 13.1 Å². The lowest BCUT2D eigenvalue weighted by Crippen LogP contribution is -2.35. The van der Waals surface area contributed by atoms with E-state index < -0.39 is 0 Å². The van der Waals surface area contributed by atoms with Gasteiger partial charge >= 0.3 is 0 Å². The normalized spacial score (nSPS) is 10.1. The number of carbonyl (C=O) groups excluding carboxylic acids is 1. The molecular weight excluding hydrogens is 226 g/mol. The molecule has 1 heterocycles. The monoisotopic (exact) mass is 243 g/mol. The van der Waals surface area contributed by atoms with E-state index in [0.717, 1.165) is 11.4 Å². The van der Waals surface area contributed by atoms with Gasteiger partial charge in [0.1, 0.15) is 0 Å². The Morgan fingerprint density at radius 3 is 2.67 bits per heavy atom. The predicted octanol–water partition coefficient (Wildman–Crippen LogP) is 2.48. The Bertz CT molecular complexity index is 479. The van der Waals surface area contributed by atoms with Crippen LogP contribution in [0, 0.1) is 0 Å². The number of carbonyl (C=O) groups is 1. The zero-order chi connectivity index (χ0) is 12.8. The van der Waals surface area contributed by atoms with Crippen molar-refractivity contribution in [1.29, 1.82) is 0 Å². The van der Waals surface area contributed by atoms with E-state index in [4.69, 9.17) is 0 Å². The molecule has 0 saturated carbocycles. The maximum atomic E-state index is 12.1. The van der Waals surface area contributed by atoms with E-state index in [9.17, 15) is 4.79 Å². The molecular formula is C14H17N3O. The second-order valence-electron chi connectivity index (χ2n) is 3.93. The number of nitrogens with zero attached hydrogens (tertiary/aromatic N) is 1. The molecule has 2 N–H and O–H groups in total. The third-order valence-electron chi connectivity index (χ3n) is 2.73. The lowest BCUT2D eigenvalue weighted by atomic mass is 10.3. The topological polar surface area (TPSA) is 48.1 Å². The number of para-hydroxylation sites is 1. The Morgan fingerprint density at radius 1 is 1.28 bits per heavy atom. The summed E-state index contributed by atoms with van der Waals surface area (Å²) in [6, 6.07) is 11.6. The number of aromatic nitrogens is 1. The van der Waals surface area contributed by atoms with Crippen LogP contribution >= 0.6 is 0 Å². The number of anilines is 2. The van der Waals surface area contributed by atoms with Gasteiger partial charge in [-0.15, -0.1) is 0 Å². The summed E-state index contributed by atoms with van der Waals surface area (Å²) in [5.74, 6) is 0.0601. The maximum Gasteiger partial charge on any atom is 0.246 e. The van der Waals surface area contributed by atoms with Gasteiger partial charge in [-0.1, -0.05) is 18.2 Å². The third-order valence-corrected chi connectivity index (χ3v) is 2.73. The summed E-state index contributed by atoms with van der Waals surface area (Å²) in [5.41, 5.74) is 1.85. The third kappa shape index (κ3) is 2.91. The van der Waals surface area contributed by atoms with Crippen molar-refractivity contribution in [2.24, 2.45) is 0 Å². The summed E-state index contributed by atoms with van der Waals surface area (Å²) in [5, 5.41) is 3.09. The molecule has 0 spiro atoms. The summed E-state index contributed by atoms with van der Waals surface area (Å²) in [6.45, 7) is 2.93. The van der Waals surface area contributed by atoms with Gasteiger partial charge < -0.3 is 15.2 Å². The van der Waals surface area contributed by atoms with Gasteiger partial charge in [0, 0.05) is 24.6 Å². The summed E-state index contributed by atoms with van der Waals surface area (Å²) >= 11 is 0. The zero-order valence-corrected chi connectivity index (χ0v) is 10.4. The van der Waals surface area contributed by atoms with E-state index in [1.807, 2.05) is 55.7 Å². The number of benzene rings is 1. The van der Waals surface area contributed by atoms with Crippen LogP contribution in [0.2, 0.25) is 0 Å². The SMILES string of the molecule is CCN(C(=O)CNc1cc[nH]c1)c1ccccc1. The standard InChI is InChI=1S/C14H17N3O/c1-2-17(13-6-4-3-5-7-13)14(18)11-16-12-8-9-15-10-12/h3-10,15-16H,2,11H2,1H3. The van der Waals surface area contributed by atoms with Gasteiger partial charge in [-0.2, -0.15) is 0 Å². The van der Waals surface area contributed by atoms with Crippen molar-refractivity contribution in [3.63, 3.8) is 0 Å². The molecule has 0 fully saturated rings. The summed E-state index contributed by atoms with van der Waals surface area (Å²) in [6.07, 6.45) is 3.65. The number of aromatic amines is 1. The molecule has 0 unspecified atom stereocenters. The van der Waals surface area contributed by atoms with Crippen molar-refractivity contribution >= 4 is 17.3 Å². The van der Waals surface area contributed by atoms with Crippen LogP contribution in [0.5, 0.6) is 0 Å². The Hall–Kier alpha value is -2.23. The molecule has 18 heavy (non-hydrogen) atoms. The quantitative estimate of drug-likeness (QED) is 0.847. The van der Waals surface area contributed by atoms with Crippen LogP contribution in [-0.4, -0.2) is 24.0 Å². The van der Waals surface area contributed by atoms with Crippen LogP contribution in [0.15, 0.2) is 48.8 Å². The molecule has 0 aliphatic rings. The highest BCUT2D eigenvalue weighted by molar-refractivity contribution is 5.96. The fourth-order valence-corrected chi connectivity index (χ4v) is 1.82. The molecule has 4 heteroatoms. The van der Waals surface area contributed by atoms with Gasteiger partial charge in [0.25, 0.3) is 0 Å². The Balaban J connectivity index is 1.98. The van der Waals surface area contributed by atoms with Crippen molar-refractivity contribution in [3.8, 4) is 0 Å². The number of hydrogen-bond donors (Lipinski definition) is 2. The average Bonchev–Trinajstić information content (AvgIpc) is 2.92. The Morgan fingerprint density at radius 2 is 2.06 bits per heavy atom. The van der Waals surface area contributed by atoms with Crippen molar-refractivity contribution in [1.82, 2.24) is 4.98 Å². The smallest absolute Gasteiger partial charge is 0.246 e. The van der Waals surface area contributed by atoms with E-state index >= 15 is 0 Å². The lowest BCUT2D eigenvalue weighted by Gasteiger charge is -2.21. The van der Waals surface area contributed by atoms with Crippen molar-refractivity contribution < 1.29 is 4.79 Å². The molecule has 1 aromatic carbocycles. The summed E-state index contributed by atoms with van der Waals surface area (Å²) in [7, 11) is 0. The number of H-pyrrole nitrogens is 1. The fraction of sp³-hybridized carbons (Fsp3) is 0.214. The number of likely N-dealkylation sites (N-methyl/N-ethyl adjacent to an activating group) is 1. The van der Waals surface area contributed by atoms with Crippen molar-refractivity contribution in [2.45, 2.75) is 6.92 Å². The van der Waals surface area contributed by atoms with Gasteiger partial charge in [0.2, 0.25) is 5.91 Å². The number of hydrogen-bond acceptors (Lipinski definition) is 2. The molecule has 2 aromatic rings. The molecule has 0 aliphatic carbocycles. The second-order valence-corrected chi connectivity index (χ2v) is 3.93. The summed E-state index contributed by atoms with van der Waals surface area (Å²) < 4.78 is 0. The number of nitrogens with one attached hydrogen (secondary N) is 2. The molecule has 4 nitrogen and oxygen atoms in total. The van der Waals surface area contributed by atoms with Crippen molar-refractivity contribution in [2.75, 3.05) is 23.3 Å². The molecule has 0 aliphatic heterocycles. The van der Waals surface area contributed by atoms with Crippen LogP contribution < -0.4 is 10.2 Å². The first-order valence-electron chi connectivity index (χ1n) is 6.03. The minimum Gasteiger partial charge on any atom is -0.375 e. The molecule has 0 saturated heterocycles. The zero-order valence-electron chi connectivity index (χ0n) is 10.4. The average molecular weight is 243 g/mol. The van der Waals surface area contributed by atoms with Crippen LogP contribution in [0.3, 0.4) is 0 Å². The van der Waals surface area contributed by atoms with Gasteiger partial charge in [-0.25, -0.2) is 0 Å². The fourth-order valence-electron chi connectivity index (χ4n) is 1.82. The van der Waals surface area contributed by atoms with Crippen molar-refractivity contribution in [3.05, 3.63) is 48.8 Å². The number of amides is 1. The largest absolute Gasteiger partial charge is 0.375 e. The lowest BCUT2D eigenvalue weighted by molar-refractivity contribution is -0.116.